The number of ether oxygens (including phenoxy) is 1. The Labute approximate surface area is 182 Å². The van der Waals surface area contributed by atoms with Gasteiger partial charge in [0, 0.05) is 18.4 Å². The van der Waals surface area contributed by atoms with E-state index < -0.39 is 30.2 Å². The second-order valence-corrected chi connectivity index (χ2v) is 6.76. The molecule has 2 aromatic carbocycles. The molecule has 3 aromatic rings. The summed E-state index contributed by atoms with van der Waals surface area (Å²) >= 11 is 0. The molecule has 0 saturated carbocycles. The third kappa shape index (κ3) is 6.56. The molecule has 0 aliphatic carbocycles. The summed E-state index contributed by atoms with van der Waals surface area (Å²) in [6, 6.07) is 17.0. The molecule has 0 aliphatic rings. The van der Waals surface area contributed by atoms with Gasteiger partial charge in [0.15, 0.2) is 6.61 Å². The number of hydrogen-bond acceptors (Lipinski definition) is 5. The fraction of sp³-hybridized carbons (Fsp3) is 0.174. The van der Waals surface area contributed by atoms with Gasteiger partial charge in [-0.05, 0) is 42.3 Å². The molecule has 0 bridgehead atoms. The van der Waals surface area contributed by atoms with Gasteiger partial charge in [0.25, 0.3) is 5.91 Å². The number of benzene rings is 2. The number of nitrogens with one attached hydrogen (secondary N) is 2. The molecule has 0 aliphatic heterocycles. The van der Waals surface area contributed by atoms with E-state index in [4.69, 9.17) is 4.74 Å². The summed E-state index contributed by atoms with van der Waals surface area (Å²) < 4.78 is 43.8. The molecule has 0 saturated heterocycles. The molecular formula is C23H20F3N3O3. The van der Waals surface area contributed by atoms with E-state index in [1.165, 1.54) is 30.5 Å². The molecule has 1 aromatic heterocycles. The molecule has 1 amide bonds. The van der Waals surface area contributed by atoms with Gasteiger partial charge in [-0.2, -0.15) is 13.2 Å². The summed E-state index contributed by atoms with van der Waals surface area (Å²) in [6.07, 6.45) is -2.49. The maximum atomic E-state index is 12.9. The van der Waals surface area contributed by atoms with Gasteiger partial charge in [0.1, 0.15) is 11.4 Å². The van der Waals surface area contributed by atoms with Crippen LogP contribution in [0.1, 0.15) is 21.5 Å². The number of aromatic nitrogens is 1. The van der Waals surface area contributed by atoms with Crippen LogP contribution in [0.4, 0.5) is 24.7 Å². The lowest BCUT2D eigenvalue weighted by molar-refractivity contribution is -0.137. The van der Waals surface area contributed by atoms with E-state index >= 15 is 0 Å². The van der Waals surface area contributed by atoms with Crippen molar-refractivity contribution in [3.63, 3.8) is 0 Å². The lowest BCUT2D eigenvalue weighted by Crippen LogP contribution is -2.30. The van der Waals surface area contributed by atoms with Crippen LogP contribution in [0, 0.1) is 0 Å². The first-order valence-corrected chi connectivity index (χ1v) is 9.70. The lowest BCUT2D eigenvalue weighted by Gasteiger charge is -2.13. The van der Waals surface area contributed by atoms with Crippen LogP contribution in [0.15, 0.2) is 72.9 Å². The standard InChI is InChI=1S/C23H20F3N3O3/c24-23(25,26)17-8-4-9-18(14-17)29-21-19(10-5-12-28-21)22(31)32-15-20(30)27-13-11-16-6-2-1-3-7-16/h1-10,12,14H,11,13,15H2,(H,27,30)(H,28,29). The zero-order valence-corrected chi connectivity index (χ0v) is 16.9. The van der Waals surface area contributed by atoms with E-state index in [-0.39, 0.29) is 17.1 Å². The van der Waals surface area contributed by atoms with Crippen LogP contribution in [-0.2, 0) is 22.1 Å². The summed E-state index contributed by atoms with van der Waals surface area (Å²) in [6.45, 7) is -0.110. The van der Waals surface area contributed by atoms with Crippen molar-refractivity contribution < 1.29 is 27.5 Å². The highest BCUT2D eigenvalue weighted by atomic mass is 19.4. The van der Waals surface area contributed by atoms with Crippen molar-refractivity contribution in [2.45, 2.75) is 12.6 Å². The maximum Gasteiger partial charge on any atom is 0.416 e. The van der Waals surface area contributed by atoms with Crippen molar-refractivity contribution in [2.75, 3.05) is 18.5 Å². The summed E-state index contributed by atoms with van der Waals surface area (Å²) in [5, 5.41) is 5.35. The highest BCUT2D eigenvalue weighted by molar-refractivity contribution is 5.96. The van der Waals surface area contributed by atoms with Crippen LogP contribution in [0.2, 0.25) is 0 Å². The van der Waals surface area contributed by atoms with E-state index in [1.54, 1.807) is 0 Å². The van der Waals surface area contributed by atoms with Crippen LogP contribution in [0.5, 0.6) is 0 Å². The summed E-state index contributed by atoms with van der Waals surface area (Å²) in [7, 11) is 0. The largest absolute Gasteiger partial charge is 0.452 e. The zero-order chi connectivity index (χ0) is 23.0. The number of halogens is 3. The van der Waals surface area contributed by atoms with Crippen molar-refractivity contribution >= 4 is 23.4 Å². The molecule has 0 atom stereocenters. The average Bonchev–Trinajstić information content (AvgIpc) is 2.78. The molecule has 0 fully saturated rings. The third-order valence-electron chi connectivity index (χ3n) is 4.39. The smallest absolute Gasteiger partial charge is 0.416 e. The number of alkyl halides is 3. The molecule has 0 unspecified atom stereocenters. The number of anilines is 2. The number of amides is 1. The number of hydrogen-bond donors (Lipinski definition) is 2. The monoisotopic (exact) mass is 443 g/mol. The second-order valence-electron chi connectivity index (χ2n) is 6.76. The fourth-order valence-electron chi connectivity index (χ4n) is 2.83. The Bertz CT molecular complexity index is 1070. The highest BCUT2D eigenvalue weighted by Crippen LogP contribution is 2.31. The summed E-state index contributed by atoms with van der Waals surface area (Å²) in [5.74, 6) is -1.28. The van der Waals surface area contributed by atoms with Gasteiger partial charge in [-0.1, -0.05) is 36.4 Å². The van der Waals surface area contributed by atoms with E-state index in [1.807, 2.05) is 30.3 Å². The normalized spacial score (nSPS) is 11.0. The van der Waals surface area contributed by atoms with Crippen LogP contribution in [-0.4, -0.2) is 30.0 Å². The molecule has 6 nitrogen and oxygen atoms in total. The number of carbonyl (C=O) groups is 2. The topological polar surface area (TPSA) is 80.3 Å². The van der Waals surface area contributed by atoms with Gasteiger partial charge < -0.3 is 15.4 Å². The minimum absolute atomic E-state index is 0.0120. The minimum Gasteiger partial charge on any atom is -0.452 e. The average molecular weight is 443 g/mol. The third-order valence-corrected chi connectivity index (χ3v) is 4.39. The Balaban J connectivity index is 1.56. The van der Waals surface area contributed by atoms with Crippen molar-refractivity contribution in [3.8, 4) is 0 Å². The van der Waals surface area contributed by atoms with Gasteiger partial charge >= 0.3 is 12.1 Å². The number of rotatable bonds is 8. The van der Waals surface area contributed by atoms with E-state index in [2.05, 4.69) is 15.6 Å². The molecule has 2 N–H and O–H groups in total. The number of pyridine rings is 1. The molecule has 9 heteroatoms. The summed E-state index contributed by atoms with van der Waals surface area (Å²) in [5.41, 5.74) is 0.313. The van der Waals surface area contributed by atoms with Gasteiger partial charge in [-0.3, -0.25) is 4.79 Å². The van der Waals surface area contributed by atoms with Gasteiger partial charge in [-0.15, -0.1) is 0 Å². The van der Waals surface area contributed by atoms with Crippen LogP contribution in [0.3, 0.4) is 0 Å². The summed E-state index contributed by atoms with van der Waals surface area (Å²) in [4.78, 5) is 28.4. The quantitative estimate of drug-likeness (QED) is 0.506. The number of carbonyl (C=O) groups excluding carboxylic acids is 2. The van der Waals surface area contributed by atoms with E-state index in [0.29, 0.717) is 13.0 Å². The highest BCUT2D eigenvalue weighted by Gasteiger charge is 2.30. The Morgan fingerprint density at radius 3 is 2.50 bits per heavy atom. The second kappa shape index (κ2) is 10.4. The first-order valence-electron chi connectivity index (χ1n) is 9.70. The predicted molar refractivity (Wildman–Crippen MR) is 112 cm³/mol. The van der Waals surface area contributed by atoms with Crippen LogP contribution >= 0.6 is 0 Å². The van der Waals surface area contributed by atoms with Crippen LogP contribution < -0.4 is 10.6 Å². The molecule has 166 valence electrons. The van der Waals surface area contributed by atoms with E-state index in [9.17, 15) is 22.8 Å². The number of esters is 1. The number of nitrogens with zero attached hydrogens (tertiary/aromatic N) is 1. The fourth-order valence-corrected chi connectivity index (χ4v) is 2.83. The van der Waals surface area contributed by atoms with E-state index in [0.717, 1.165) is 17.7 Å². The Kier molecular flexibility index (Phi) is 7.43. The van der Waals surface area contributed by atoms with Crippen LogP contribution in [0.25, 0.3) is 0 Å². The first-order chi connectivity index (χ1) is 15.3. The lowest BCUT2D eigenvalue weighted by atomic mass is 10.1. The molecule has 0 radical (unpaired) electrons. The minimum atomic E-state index is -4.50. The van der Waals surface area contributed by atoms with Crippen molar-refractivity contribution in [1.82, 2.24) is 10.3 Å². The molecular weight excluding hydrogens is 423 g/mol. The molecule has 32 heavy (non-hydrogen) atoms. The van der Waals surface area contributed by atoms with Gasteiger partial charge in [-0.25, -0.2) is 9.78 Å². The maximum absolute atomic E-state index is 12.9. The van der Waals surface area contributed by atoms with Gasteiger partial charge in [0.2, 0.25) is 0 Å². The SMILES string of the molecule is O=C(COC(=O)c1cccnc1Nc1cccc(C(F)(F)F)c1)NCCc1ccccc1. The van der Waals surface area contributed by atoms with Crippen molar-refractivity contribution in [3.05, 3.63) is 89.6 Å². The van der Waals surface area contributed by atoms with Crippen molar-refractivity contribution in [1.29, 1.82) is 0 Å². The van der Waals surface area contributed by atoms with Gasteiger partial charge in [0.05, 0.1) is 5.56 Å². The molecule has 0 spiro atoms. The Hall–Kier alpha value is -3.88. The molecule has 1 heterocycles. The zero-order valence-electron chi connectivity index (χ0n) is 16.9. The first kappa shape index (κ1) is 22.8. The van der Waals surface area contributed by atoms with Crippen molar-refractivity contribution in [2.24, 2.45) is 0 Å². The predicted octanol–water partition coefficient (Wildman–Crippen LogP) is 4.36. The Morgan fingerprint density at radius 1 is 0.969 bits per heavy atom. The molecule has 3 rings (SSSR count). The Morgan fingerprint density at radius 2 is 1.75 bits per heavy atom.